The molecule has 14 heavy (non-hydrogen) atoms. The van der Waals surface area contributed by atoms with Crippen molar-refractivity contribution in [2.75, 3.05) is 0 Å². The summed E-state index contributed by atoms with van der Waals surface area (Å²) in [6.45, 7) is 7.21. The number of carbonyl (C=O) groups excluding carboxylic acids is 1. The quantitative estimate of drug-likeness (QED) is 0.416. The predicted molar refractivity (Wildman–Crippen MR) is 56.3 cm³/mol. The Balaban J connectivity index is 2.68. The second-order valence-electron chi connectivity index (χ2n) is 3.37. The summed E-state index contributed by atoms with van der Waals surface area (Å²) in [7, 11) is 0. The Hall–Kier alpha value is -1.57. The zero-order chi connectivity index (χ0) is 10.6. The van der Waals surface area contributed by atoms with Crippen LogP contribution in [0.15, 0.2) is 36.4 Å². The summed E-state index contributed by atoms with van der Waals surface area (Å²) in [5.41, 5.74) is 2.29. The van der Waals surface area contributed by atoms with Crippen LogP contribution in [-0.4, -0.2) is 5.97 Å². The molecule has 0 saturated carbocycles. The molecule has 0 aliphatic heterocycles. The number of allylic oxidation sites excluding steroid dienone is 1. The van der Waals surface area contributed by atoms with Crippen molar-refractivity contribution in [3.63, 3.8) is 0 Å². The maximum Gasteiger partial charge on any atom is 0.308 e. The second kappa shape index (κ2) is 4.61. The molecule has 2 heteroatoms. The standard InChI is InChI=1S/C12H14O2/c1-9(2)8-11-4-6-12(7-5-11)14-10(3)13/h4-7H,1,8H2,2-3H3. The van der Waals surface area contributed by atoms with Gasteiger partial charge in [-0.15, -0.1) is 0 Å². The third-order valence-corrected chi connectivity index (χ3v) is 1.69. The van der Waals surface area contributed by atoms with Crippen molar-refractivity contribution in [2.24, 2.45) is 0 Å². The minimum atomic E-state index is -0.294. The first-order valence-corrected chi connectivity index (χ1v) is 4.49. The van der Waals surface area contributed by atoms with Gasteiger partial charge in [0.2, 0.25) is 0 Å². The lowest BCUT2D eigenvalue weighted by Gasteiger charge is -2.03. The van der Waals surface area contributed by atoms with Gasteiger partial charge < -0.3 is 4.74 Å². The highest BCUT2D eigenvalue weighted by Gasteiger charge is 1.98. The van der Waals surface area contributed by atoms with Crippen LogP contribution in [0.2, 0.25) is 0 Å². The molecule has 2 nitrogen and oxygen atoms in total. The first-order valence-electron chi connectivity index (χ1n) is 4.49. The SMILES string of the molecule is C=C(C)Cc1ccc(OC(C)=O)cc1. The van der Waals surface area contributed by atoms with Gasteiger partial charge in [0.25, 0.3) is 0 Å². The van der Waals surface area contributed by atoms with Gasteiger partial charge in [-0.2, -0.15) is 0 Å². The average Bonchev–Trinajstić information content (AvgIpc) is 2.06. The van der Waals surface area contributed by atoms with Crippen molar-refractivity contribution in [1.82, 2.24) is 0 Å². The summed E-state index contributed by atoms with van der Waals surface area (Å²) in [6.07, 6.45) is 0.861. The van der Waals surface area contributed by atoms with Crippen LogP contribution in [0, 0.1) is 0 Å². The molecule has 0 spiro atoms. The van der Waals surface area contributed by atoms with E-state index in [0.29, 0.717) is 5.75 Å². The van der Waals surface area contributed by atoms with Crippen molar-refractivity contribution in [3.05, 3.63) is 42.0 Å². The molecular weight excluding hydrogens is 176 g/mol. The largest absolute Gasteiger partial charge is 0.427 e. The summed E-state index contributed by atoms with van der Waals surface area (Å²) >= 11 is 0. The lowest BCUT2D eigenvalue weighted by Crippen LogP contribution is -2.01. The predicted octanol–water partition coefficient (Wildman–Crippen LogP) is 2.73. The Bertz CT molecular complexity index is 301. The number of carbonyl (C=O) groups is 1. The van der Waals surface area contributed by atoms with E-state index < -0.39 is 0 Å². The maximum atomic E-state index is 10.6. The van der Waals surface area contributed by atoms with Crippen molar-refractivity contribution >= 4 is 5.97 Å². The molecule has 0 heterocycles. The monoisotopic (exact) mass is 190 g/mol. The normalized spacial score (nSPS) is 9.57. The molecular formula is C12H14O2. The van der Waals surface area contributed by atoms with Crippen molar-refractivity contribution in [3.8, 4) is 5.75 Å². The molecule has 1 rings (SSSR count). The van der Waals surface area contributed by atoms with Gasteiger partial charge in [0, 0.05) is 6.92 Å². The van der Waals surface area contributed by atoms with Gasteiger partial charge >= 0.3 is 5.97 Å². The van der Waals surface area contributed by atoms with Crippen LogP contribution in [0.5, 0.6) is 5.75 Å². The Morgan fingerprint density at radius 1 is 1.29 bits per heavy atom. The molecule has 0 amide bonds. The Morgan fingerprint density at radius 2 is 1.86 bits per heavy atom. The summed E-state index contributed by atoms with van der Waals surface area (Å²) < 4.78 is 4.91. The van der Waals surface area contributed by atoms with Crippen LogP contribution >= 0.6 is 0 Å². The molecule has 0 atom stereocenters. The molecule has 0 fully saturated rings. The fraction of sp³-hybridized carbons (Fsp3) is 0.250. The summed E-state index contributed by atoms with van der Waals surface area (Å²) in [5, 5.41) is 0. The average molecular weight is 190 g/mol. The van der Waals surface area contributed by atoms with E-state index in [-0.39, 0.29) is 5.97 Å². The van der Waals surface area contributed by atoms with Gasteiger partial charge in [-0.05, 0) is 31.0 Å². The topological polar surface area (TPSA) is 26.3 Å². The number of esters is 1. The third-order valence-electron chi connectivity index (χ3n) is 1.69. The Labute approximate surface area is 84.2 Å². The second-order valence-corrected chi connectivity index (χ2v) is 3.37. The van der Waals surface area contributed by atoms with Crippen molar-refractivity contribution in [2.45, 2.75) is 20.3 Å². The van der Waals surface area contributed by atoms with Crippen LogP contribution in [-0.2, 0) is 11.2 Å². The van der Waals surface area contributed by atoms with E-state index in [0.717, 1.165) is 12.0 Å². The van der Waals surface area contributed by atoms with Crippen molar-refractivity contribution < 1.29 is 9.53 Å². The van der Waals surface area contributed by atoms with Crippen LogP contribution in [0.3, 0.4) is 0 Å². The molecule has 74 valence electrons. The number of ether oxygens (including phenoxy) is 1. The highest BCUT2D eigenvalue weighted by atomic mass is 16.5. The van der Waals surface area contributed by atoms with Crippen LogP contribution < -0.4 is 4.74 Å². The number of benzene rings is 1. The first kappa shape index (κ1) is 10.5. The third kappa shape index (κ3) is 3.44. The minimum absolute atomic E-state index is 0.294. The van der Waals surface area contributed by atoms with E-state index in [2.05, 4.69) is 6.58 Å². The van der Waals surface area contributed by atoms with E-state index in [1.54, 1.807) is 12.1 Å². The summed E-state index contributed by atoms with van der Waals surface area (Å²) in [5.74, 6) is 0.292. The van der Waals surface area contributed by atoms with Gasteiger partial charge in [-0.3, -0.25) is 4.79 Å². The molecule has 0 aromatic heterocycles. The van der Waals surface area contributed by atoms with Gasteiger partial charge in [-0.1, -0.05) is 24.3 Å². The molecule has 0 N–H and O–H groups in total. The Morgan fingerprint density at radius 3 is 2.29 bits per heavy atom. The number of hydrogen-bond acceptors (Lipinski definition) is 2. The van der Waals surface area contributed by atoms with E-state index in [1.165, 1.54) is 12.5 Å². The van der Waals surface area contributed by atoms with E-state index >= 15 is 0 Å². The van der Waals surface area contributed by atoms with Crippen LogP contribution in [0.4, 0.5) is 0 Å². The van der Waals surface area contributed by atoms with Gasteiger partial charge in [0.05, 0.1) is 0 Å². The summed E-state index contributed by atoms with van der Waals surface area (Å²) in [4.78, 5) is 10.6. The van der Waals surface area contributed by atoms with E-state index in [4.69, 9.17) is 4.74 Å². The fourth-order valence-electron chi connectivity index (χ4n) is 1.19. The number of hydrogen-bond donors (Lipinski definition) is 0. The van der Waals surface area contributed by atoms with Crippen molar-refractivity contribution in [1.29, 1.82) is 0 Å². The molecule has 1 aromatic carbocycles. The first-order chi connectivity index (χ1) is 6.58. The molecule has 0 radical (unpaired) electrons. The van der Waals surface area contributed by atoms with Gasteiger partial charge in [-0.25, -0.2) is 0 Å². The zero-order valence-electron chi connectivity index (χ0n) is 8.54. The molecule has 1 aromatic rings. The lowest BCUT2D eigenvalue weighted by atomic mass is 10.1. The highest BCUT2D eigenvalue weighted by Crippen LogP contribution is 2.14. The number of rotatable bonds is 3. The van der Waals surface area contributed by atoms with Gasteiger partial charge in [0.15, 0.2) is 0 Å². The molecule has 0 unspecified atom stereocenters. The smallest absolute Gasteiger partial charge is 0.308 e. The maximum absolute atomic E-state index is 10.6. The highest BCUT2D eigenvalue weighted by molar-refractivity contribution is 5.69. The fourth-order valence-corrected chi connectivity index (χ4v) is 1.19. The minimum Gasteiger partial charge on any atom is -0.427 e. The van der Waals surface area contributed by atoms with Gasteiger partial charge in [0.1, 0.15) is 5.75 Å². The zero-order valence-corrected chi connectivity index (χ0v) is 8.54. The molecule has 0 bridgehead atoms. The molecule has 0 aliphatic carbocycles. The summed E-state index contributed by atoms with van der Waals surface area (Å²) in [6, 6.07) is 7.46. The van der Waals surface area contributed by atoms with E-state index in [1.807, 2.05) is 19.1 Å². The van der Waals surface area contributed by atoms with Crippen LogP contribution in [0.25, 0.3) is 0 Å². The van der Waals surface area contributed by atoms with E-state index in [9.17, 15) is 4.79 Å². The Kier molecular flexibility index (Phi) is 3.46. The van der Waals surface area contributed by atoms with Crippen LogP contribution in [0.1, 0.15) is 19.4 Å². The molecule has 0 saturated heterocycles. The lowest BCUT2D eigenvalue weighted by molar-refractivity contribution is -0.131. The molecule has 0 aliphatic rings.